The molecular formula is C18H35NO. The molecule has 0 aromatic carbocycles. The van der Waals surface area contributed by atoms with Gasteiger partial charge in [-0.2, -0.15) is 0 Å². The van der Waals surface area contributed by atoms with Gasteiger partial charge < -0.3 is 9.64 Å². The standard InChI is InChI=1S/C18H35NO/c1-14-7-6-8-17(20-15(2)11-14)13-19(5)16-9-10-18(3,4)12-16/h14-17H,6-13H2,1-5H3. The second-order valence-electron chi connectivity index (χ2n) is 8.34. The van der Waals surface area contributed by atoms with Crippen molar-refractivity contribution in [1.82, 2.24) is 4.90 Å². The Morgan fingerprint density at radius 2 is 1.90 bits per heavy atom. The summed E-state index contributed by atoms with van der Waals surface area (Å²) in [4.78, 5) is 2.58. The minimum absolute atomic E-state index is 0.434. The summed E-state index contributed by atoms with van der Waals surface area (Å²) in [5.41, 5.74) is 0.545. The van der Waals surface area contributed by atoms with Crippen LogP contribution in [-0.4, -0.2) is 36.7 Å². The molecule has 1 saturated heterocycles. The quantitative estimate of drug-likeness (QED) is 0.756. The molecule has 0 radical (unpaired) electrons. The largest absolute Gasteiger partial charge is 0.374 e. The Morgan fingerprint density at radius 3 is 2.55 bits per heavy atom. The number of hydrogen-bond donors (Lipinski definition) is 0. The summed E-state index contributed by atoms with van der Waals surface area (Å²) in [7, 11) is 2.31. The van der Waals surface area contributed by atoms with Crippen LogP contribution in [0.5, 0.6) is 0 Å². The van der Waals surface area contributed by atoms with E-state index >= 15 is 0 Å². The number of rotatable bonds is 3. The Balaban J connectivity index is 1.82. The molecule has 1 heterocycles. The second kappa shape index (κ2) is 6.79. The highest BCUT2D eigenvalue weighted by Gasteiger charge is 2.34. The van der Waals surface area contributed by atoms with Gasteiger partial charge in [0.05, 0.1) is 12.2 Å². The smallest absolute Gasteiger partial charge is 0.0705 e. The predicted molar refractivity (Wildman–Crippen MR) is 86.0 cm³/mol. The van der Waals surface area contributed by atoms with Crippen LogP contribution in [0.15, 0.2) is 0 Å². The van der Waals surface area contributed by atoms with Crippen molar-refractivity contribution in [3.05, 3.63) is 0 Å². The number of nitrogens with zero attached hydrogens (tertiary/aromatic N) is 1. The van der Waals surface area contributed by atoms with Crippen LogP contribution in [0.1, 0.15) is 72.6 Å². The van der Waals surface area contributed by atoms with Crippen LogP contribution in [0.3, 0.4) is 0 Å². The fourth-order valence-electron chi connectivity index (χ4n) is 4.21. The zero-order valence-corrected chi connectivity index (χ0v) is 14.3. The van der Waals surface area contributed by atoms with E-state index in [0.717, 1.165) is 18.5 Å². The van der Waals surface area contributed by atoms with E-state index in [2.05, 4.69) is 39.6 Å². The van der Waals surface area contributed by atoms with Gasteiger partial charge in [-0.1, -0.05) is 33.6 Å². The summed E-state index contributed by atoms with van der Waals surface area (Å²) in [6.07, 6.45) is 10.2. The van der Waals surface area contributed by atoms with Crippen LogP contribution < -0.4 is 0 Å². The van der Waals surface area contributed by atoms with E-state index in [9.17, 15) is 0 Å². The molecule has 0 aromatic heterocycles. The van der Waals surface area contributed by atoms with E-state index in [1.54, 1.807) is 0 Å². The van der Waals surface area contributed by atoms with Gasteiger partial charge in [0.1, 0.15) is 0 Å². The van der Waals surface area contributed by atoms with Gasteiger partial charge in [-0.15, -0.1) is 0 Å². The minimum atomic E-state index is 0.434. The van der Waals surface area contributed by atoms with Crippen LogP contribution in [-0.2, 0) is 4.74 Å². The van der Waals surface area contributed by atoms with Crippen molar-refractivity contribution in [2.45, 2.75) is 90.9 Å². The average molecular weight is 281 g/mol. The molecule has 4 atom stereocenters. The topological polar surface area (TPSA) is 12.5 Å². The molecule has 4 unspecified atom stereocenters. The first kappa shape index (κ1) is 16.3. The zero-order chi connectivity index (χ0) is 14.8. The van der Waals surface area contributed by atoms with Crippen molar-refractivity contribution in [2.24, 2.45) is 11.3 Å². The Hall–Kier alpha value is -0.0800. The molecule has 0 N–H and O–H groups in total. The molecule has 0 amide bonds. The molecule has 2 fully saturated rings. The van der Waals surface area contributed by atoms with Crippen molar-refractivity contribution < 1.29 is 4.74 Å². The number of likely N-dealkylation sites (N-methyl/N-ethyl adjacent to an activating group) is 1. The molecule has 2 aliphatic rings. The number of hydrogen-bond acceptors (Lipinski definition) is 2. The van der Waals surface area contributed by atoms with E-state index in [-0.39, 0.29) is 0 Å². The molecular weight excluding hydrogens is 246 g/mol. The Labute approximate surface area is 126 Å². The summed E-state index contributed by atoms with van der Waals surface area (Å²) in [5.74, 6) is 0.833. The summed E-state index contributed by atoms with van der Waals surface area (Å²) < 4.78 is 6.30. The van der Waals surface area contributed by atoms with Crippen LogP contribution in [0.4, 0.5) is 0 Å². The molecule has 1 aliphatic heterocycles. The molecule has 2 heteroatoms. The highest BCUT2D eigenvalue weighted by molar-refractivity contribution is 4.88. The third-order valence-electron chi connectivity index (χ3n) is 5.44. The third-order valence-corrected chi connectivity index (χ3v) is 5.44. The maximum absolute atomic E-state index is 6.30. The molecule has 0 spiro atoms. The normalized spacial score (nSPS) is 38.7. The first-order chi connectivity index (χ1) is 9.35. The second-order valence-corrected chi connectivity index (χ2v) is 8.34. The lowest BCUT2D eigenvalue weighted by Crippen LogP contribution is -2.39. The highest BCUT2D eigenvalue weighted by atomic mass is 16.5. The van der Waals surface area contributed by atoms with Crippen LogP contribution >= 0.6 is 0 Å². The van der Waals surface area contributed by atoms with Gasteiger partial charge in [-0.3, -0.25) is 0 Å². The highest BCUT2D eigenvalue weighted by Crippen LogP contribution is 2.39. The van der Waals surface area contributed by atoms with Crippen LogP contribution in [0.2, 0.25) is 0 Å². The van der Waals surface area contributed by atoms with Gasteiger partial charge in [0.2, 0.25) is 0 Å². The van der Waals surface area contributed by atoms with Gasteiger partial charge in [-0.05, 0) is 57.4 Å². The van der Waals surface area contributed by atoms with Crippen molar-refractivity contribution in [3.63, 3.8) is 0 Å². The monoisotopic (exact) mass is 281 g/mol. The average Bonchev–Trinajstić information content (AvgIpc) is 2.67. The van der Waals surface area contributed by atoms with Crippen molar-refractivity contribution in [3.8, 4) is 0 Å². The van der Waals surface area contributed by atoms with Gasteiger partial charge >= 0.3 is 0 Å². The summed E-state index contributed by atoms with van der Waals surface area (Å²) in [6.45, 7) is 10.6. The Kier molecular flexibility index (Phi) is 5.53. The van der Waals surface area contributed by atoms with Crippen molar-refractivity contribution >= 4 is 0 Å². The predicted octanol–water partition coefficient (Wildman–Crippen LogP) is 4.48. The lowest BCUT2D eigenvalue weighted by Gasteiger charge is -2.33. The fraction of sp³-hybridized carbons (Fsp3) is 1.00. The van der Waals surface area contributed by atoms with E-state index in [1.807, 2.05) is 0 Å². The Morgan fingerprint density at radius 1 is 1.15 bits per heavy atom. The first-order valence-corrected chi connectivity index (χ1v) is 8.71. The van der Waals surface area contributed by atoms with E-state index < -0.39 is 0 Å². The summed E-state index contributed by atoms with van der Waals surface area (Å²) >= 11 is 0. The summed E-state index contributed by atoms with van der Waals surface area (Å²) in [6, 6.07) is 0.772. The molecule has 1 saturated carbocycles. The maximum atomic E-state index is 6.30. The summed E-state index contributed by atoms with van der Waals surface area (Å²) in [5, 5.41) is 0. The Bertz CT molecular complexity index is 302. The molecule has 2 rings (SSSR count). The fourth-order valence-corrected chi connectivity index (χ4v) is 4.21. The lowest BCUT2D eigenvalue weighted by atomic mass is 9.91. The number of ether oxygens (including phenoxy) is 1. The molecule has 118 valence electrons. The van der Waals surface area contributed by atoms with Crippen molar-refractivity contribution in [1.29, 1.82) is 0 Å². The van der Waals surface area contributed by atoms with Gasteiger partial charge in [0, 0.05) is 12.6 Å². The molecule has 1 aliphatic carbocycles. The first-order valence-electron chi connectivity index (χ1n) is 8.71. The van der Waals surface area contributed by atoms with Crippen LogP contribution in [0, 0.1) is 11.3 Å². The SMILES string of the molecule is CC1CCCC(CN(C)C2CCC(C)(C)C2)OC(C)C1. The van der Waals surface area contributed by atoms with Gasteiger partial charge in [0.25, 0.3) is 0 Å². The van der Waals surface area contributed by atoms with Gasteiger partial charge in [-0.25, -0.2) is 0 Å². The molecule has 0 bridgehead atoms. The molecule has 20 heavy (non-hydrogen) atoms. The van der Waals surface area contributed by atoms with E-state index in [0.29, 0.717) is 17.6 Å². The lowest BCUT2D eigenvalue weighted by molar-refractivity contribution is -0.0447. The minimum Gasteiger partial charge on any atom is -0.374 e. The molecule has 2 nitrogen and oxygen atoms in total. The van der Waals surface area contributed by atoms with Crippen LogP contribution in [0.25, 0.3) is 0 Å². The maximum Gasteiger partial charge on any atom is 0.0705 e. The van der Waals surface area contributed by atoms with Crippen molar-refractivity contribution in [2.75, 3.05) is 13.6 Å². The van der Waals surface area contributed by atoms with Gasteiger partial charge in [0.15, 0.2) is 0 Å². The van der Waals surface area contributed by atoms with E-state index in [4.69, 9.17) is 4.74 Å². The molecule has 0 aromatic rings. The zero-order valence-electron chi connectivity index (χ0n) is 14.3. The third kappa shape index (κ3) is 4.73. The van der Waals surface area contributed by atoms with E-state index in [1.165, 1.54) is 44.9 Å².